The van der Waals surface area contributed by atoms with Gasteiger partial charge in [0.25, 0.3) is 0 Å². The minimum atomic E-state index is -0.743. The van der Waals surface area contributed by atoms with Crippen molar-refractivity contribution in [3.05, 3.63) is 0 Å². The molecule has 2 heterocycles. The lowest BCUT2D eigenvalue weighted by atomic mass is 10.1. The van der Waals surface area contributed by atoms with E-state index in [1.165, 1.54) is 0 Å². The fraction of sp³-hybridized carbons (Fsp3) is 0.938. The number of carbonyl (C=O) groups is 1. The summed E-state index contributed by atoms with van der Waals surface area (Å²) in [4.78, 5) is 11.7. The molecule has 2 saturated heterocycles. The monoisotopic (exact) mass is 331 g/mol. The van der Waals surface area contributed by atoms with Gasteiger partial charge in [-0.2, -0.15) is 0 Å². The maximum absolute atomic E-state index is 11.7. The molecule has 3 unspecified atom stereocenters. The molecular weight excluding hydrogens is 302 g/mol. The Balaban J connectivity index is 1.86. The molecule has 0 spiro atoms. The van der Waals surface area contributed by atoms with Crippen molar-refractivity contribution >= 4 is 6.09 Å². The number of alkyl carbamates (subject to hydrolysis) is 1. The van der Waals surface area contributed by atoms with Crippen molar-refractivity contribution in [2.75, 3.05) is 19.8 Å². The second-order valence-corrected chi connectivity index (χ2v) is 6.88. The van der Waals surface area contributed by atoms with E-state index in [9.17, 15) is 4.79 Å². The van der Waals surface area contributed by atoms with E-state index in [4.69, 9.17) is 23.7 Å². The molecule has 2 aliphatic rings. The smallest absolute Gasteiger partial charge is 0.407 e. The Morgan fingerprint density at radius 3 is 2.52 bits per heavy atom. The first-order valence-electron chi connectivity index (χ1n) is 8.30. The number of hydrogen-bond donors (Lipinski definition) is 1. The highest BCUT2D eigenvalue weighted by Gasteiger charge is 2.50. The van der Waals surface area contributed by atoms with Crippen LogP contribution in [0.25, 0.3) is 0 Å². The average molecular weight is 331 g/mol. The molecule has 134 valence electrons. The molecule has 2 fully saturated rings. The summed E-state index contributed by atoms with van der Waals surface area (Å²) in [5.74, 6) is -1.38. The van der Waals surface area contributed by atoms with E-state index in [1.807, 2.05) is 27.7 Å². The number of carbonyl (C=O) groups excluding carboxylic acids is 1. The summed E-state index contributed by atoms with van der Waals surface area (Å²) < 4.78 is 28.5. The third-order valence-corrected chi connectivity index (χ3v) is 3.80. The highest BCUT2D eigenvalue weighted by molar-refractivity contribution is 5.67. The van der Waals surface area contributed by atoms with Gasteiger partial charge in [0.2, 0.25) is 0 Å². The number of unbranched alkanes of at least 4 members (excludes halogenated alkanes) is 1. The van der Waals surface area contributed by atoms with Crippen molar-refractivity contribution in [2.24, 2.45) is 0 Å². The summed E-state index contributed by atoms with van der Waals surface area (Å²) in [6.07, 6.45) is 0.540. The van der Waals surface area contributed by atoms with Gasteiger partial charge < -0.3 is 29.0 Å². The summed E-state index contributed by atoms with van der Waals surface area (Å²) in [7, 11) is 0. The van der Waals surface area contributed by atoms with E-state index < -0.39 is 17.7 Å². The van der Waals surface area contributed by atoms with Crippen molar-refractivity contribution in [3.63, 3.8) is 0 Å². The lowest BCUT2D eigenvalue weighted by Gasteiger charge is -2.23. The number of ether oxygens (including phenoxy) is 5. The van der Waals surface area contributed by atoms with Gasteiger partial charge in [0.05, 0.1) is 6.61 Å². The predicted octanol–water partition coefficient (Wildman–Crippen LogP) is 2.18. The average Bonchev–Trinajstić information content (AvgIpc) is 2.96. The van der Waals surface area contributed by atoms with Crippen molar-refractivity contribution < 1.29 is 28.5 Å². The maximum Gasteiger partial charge on any atom is 0.407 e. The largest absolute Gasteiger partial charge is 0.447 e. The van der Waals surface area contributed by atoms with Gasteiger partial charge in [-0.15, -0.1) is 0 Å². The fourth-order valence-electron chi connectivity index (χ4n) is 2.76. The van der Waals surface area contributed by atoms with E-state index in [1.54, 1.807) is 0 Å². The number of hydrogen-bond acceptors (Lipinski definition) is 6. The quantitative estimate of drug-likeness (QED) is 0.752. The molecule has 0 bridgehead atoms. The zero-order valence-electron chi connectivity index (χ0n) is 14.7. The summed E-state index contributed by atoms with van der Waals surface area (Å²) >= 11 is 0. The van der Waals surface area contributed by atoms with Crippen molar-refractivity contribution in [3.8, 4) is 0 Å². The van der Waals surface area contributed by atoms with Crippen LogP contribution in [-0.2, 0) is 23.7 Å². The third kappa shape index (κ3) is 5.31. The van der Waals surface area contributed by atoms with Crippen LogP contribution in [0.2, 0.25) is 0 Å². The molecular formula is C16H29NO6. The SMILES string of the molecule is CCCCNC(=O)OCC1OC(C)(C)OC1C1COC(C)(C)O1. The van der Waals surface area contributed by atoms with Gasteiger partial charge in [-0.05, 0) is 34.1 Å². The minimum Gasteiger partial charge on any atom is -0.447 e. The molecule has 2 aliphatic heterocycles. The zero-order chi connectivity index (χ0) is 17.1. The van der Waals surface area contributed by atoms with E-state index in [0.29, 0.717) is 13.2 Å². The van der Waals surface area contributed by atoms with Gasteiger partial charge >= 0.3 is 6.09 Å². The molecule has 0 saturated carbocycles. The number of amides is 1. The second kappa shape index (κ2) is 7.34. The molecule has 0 radical (unpaired) electrons. The first-order chi connectivity index (χ1) is 10.7. The van der Waals surface area contributed by atoms with E-state index in [0.717, 1.165) is 12.8 Å². The first-order valence-corrected chi connectivity index (χ1v) is 8.30. The molecule has 3 atom stereocenters. The Hall–Kier alpha value is -0.890. The minimum absolute atomic E-state index is 0.117. The van der Waals surface area contributed by atoms with Crippen LogP contribution >= 0.6 is 0 Å². The van der Waals surface area contributed by atoms with Crippen molar-refractivity contribution in [1.29, 1.82) is 0 Å². The summed E-state index contributed by atoms with van der Waals surface area (Å²) in [6, 6.07) is 0. The highest BCUT2D eigenvalue weighted by atomic mass is 16.8. The van der Waals surface area contributed by atoms with Crippen LogP contribution in [0.3, 0.4) is 0 Å². The molecule has 0 aromatic heterocycles. The van der Waals surface area contributed by atoms with Gasteiger partial charge in [0.15, 0.2) is 11.6 Å². The maximum atomic E-state index is 11.7. The lowest BCUT2D eigenvalue weighted by molar-refractivity contribution is -0.175. The van der Waals surface area contributed by atoms with E-state index >= 15 is 0 Å². The van der Waals surface area contributed by atoms with Crippen molar-refractivity contribution in [2.45, 2.75) is 77.3 Å². The molecule has 0 aliphatic carbocycles. The fourth-order valence-corrected chi connectivity index (χ4v) is 2.76. The van der Waals surface area contributed by atoms with E-state index in [2.05, 4.69) is 12.2 Å². The molecule has 0 aromatic carbocycles. The van der Waals surface area contributed by atoms with Crippen molar-refractivity contribution in [1.82, 2.24) is 5.32 Å². The molecule has 7 nitrogen and oxygen atoms in total. The number of nitrogens with one attached hydrogen (secondary N) is 1. The van der Waals surface area contributed by atoms with Gasteiger partial charge in [-0.3, -0.25) is 0 Å². The van der Waals surface area contributed by atoms with Crippen LogP contribution in [0, 0.1) is 0 Å². The lowest BCUT2D eigenvalue weighted by Crippen LogP contribution is -2.41. The van der Waals surface area contributed by atoms with Crippen LogP contribution in [0.4, 0.5) is 4.79 Å². The van der Waals surface area contributed by atoms with Crippen LogP contribution in [-0.4, -0.2) is 55.7 Å². The predicted molar refractivity (Wildman–Crippen MR) is 83.0 cm³/mol. The Bertz CT molecular complexity index is 411. The molecule has 7 heteroatoms. The Kier molecular flexibility index (Phi) is 5.89. The zero-order valence-corrected chi connectivity index (χ0v) is 14.7. The Labute approximate surface area is 137 Å². The summed E-state index contributed by atoms with van der Waals surface area (Å²) in [5, 5.41) is 2.71. The third-order valence-electron chi connectivity index (χ3n) is 3.80. The highest BCUT2D eigenvalue weighted by Crippen LogP contribution is 2.35. The van der Waals surface area contributed by atoms with Gasteiger partial charge in [-0.25, -0.2) is 4.79 Å². The molecule has 1 N–H and O–H groups in total. The number of rotatable bonds is 6. The second-order valence-electron chi connectivity index (χ2n) is 6.88. The molecule has 0 aromatic rings. The van der Waals surface area contributed by atoms with Crippen LogP contribution in [0.5, 0.6) is 0 Å². The molecule has 1 amide bonds. The summed E-state index contributed by atoms with van der Waals surface area (Å²) in [6.45, 7) is 10.6. The van der Waals surface area contributed by atoms with Gasteiger partial charge in [0.1, 0.15) is 24.9 Å². The first kappa shape index (κ1) is 18.4. The normalized spacial score (nSPS) is 32.0. The van der Waals surface area contributed by atoms with Gasteiger partial charge in [-0.1, -0.05) is 13.3 Å². The van der Waals surface area contributed by atoms with Crippen LogP contribution < -0.4 is 5.32 Å². The Morgan fingerprint density at radius 2 is 1.91 bits per heavy atom. The standard InChI is InChI=1S/C16H29NO6/c1-6-7-8-17-14(18)19-9-11-13(23-16(4,5)22-11)12-10-20-15(2,3)21-12/h11-13H,6-10H2,1-5H3,(H,17,18). The molecule has 23 heavy (non-hydrogen) atoms. The summed E-state index contributed by atoms with van der Waals surface area (Å²) in [5.41, 5.74) is 0. The Morgan fingerprint density at radius 1 is 1.17 bits per heavy atom. The van der Waals surface area contributed by atoms with Crippen LogP contribution in [0.15, 0.2) is 0 Å². The van der Waals surface area contributed by atoms with Crippen LogP contribution in [0.1, 0.15) is 47.5 Å². The van der Waals surface area contributed by atoms with Gasteiger partial charge in [0, 0.05) is 6.54 Å². The van der Waals surface area contributed by atoms with E-state index in [-0.39, 0.29) is 24.9 Å². The molecule has 2 rings (SSSR count). The topological polar surface area (TPSA) is 75.3 Å².